The van der Waals surface area contributed by atoms with E-state index in [2.05, 4.69) is 47.2 Å². The van der Waals surface area contributed by atoms with Crippen LogP contribution in [-0.2, 0) is 13.2 Å². The lowest BCUT2D eigenvalue weighted by atomic mass is 10.2. The number of thiophene rings is 1. The molecule has 4 heteroatoms. The van der Waals surface area contributed by atoms with Crippen LogP contribution in [0.15, 0.2) is 40.9 Å². The molecule has 0 amide bonds. The minimum atomic E-state index is 0.630. The van der Waals surface area contributed by atoms with E-state index in [9.17, 15) is 0 Å². The van der Waals surface area contributed by atoms with Crippen LogP contribution < -0.4 is 10.1 Å². The predicted molar refractivity (Wildman–Crippen MR) is 89.3 cm³/mol. The summed E-state index contributed by atoms with van der Waals surface area (Å²) >= 11 is 5.26. The standard InChI is InChI=1S/C16H20BrNOS/c1-12(2)9-18-10-15-6-7-16(20-15)11-19-14-5-3-4-13(17)8-14/h3-8,12,18H,9-11H2,1-2H3. The molecule has 0 saturated heterocycles. The molecule has 1 aromatic heterocycles. The van der Waals surface area contributed by atoms with E-state index in [1.165, 1.54) is 9.75 Å². The van der Waals surface area contributed by atoms with Gasteiger partial charge in [0.2, 0.25) is 0 Å². The number of hydrogen-bond acceptors (Lipinski definition) is 3. The van der Waals surface area contributed by atoms with Gasteiger partial charge in [-0.15, -0.1) is 11.3 Å². The van der Waals surface area contributed by atoms with Crippen LogP contribution in [0.5, 0.6) is 5.75 Å². The normalized spacial score (nSPS) is 11.0. The topological polar surface area (TPSA) is 21.3 Å². The average Bonchev–Trinajstić information content (AvgIpc) is 2.84. The molecule has 0 aliphatic heterocycles. The first kappa shape index (κ1) is 15.5. The number of rotatable bonds is 7. The van der Waals surface area contributed by atoms with Crippen molar-refractivity contribution in [3.8, 4) is 5.75 Å². The van der Waals surface area contributed by atoms with Gasteiger partial charge in [-0.05, 0) is 42.8 Å². The average molecular weight is 354 g/mol. The molecule has 1 aromatic carbocycles. The molecular weight excluding hydrogens is 334 g/mol. The summed E-state index contributed by atoms with van der Waals surface area (Å²) < 4.78 is 6.83. The molecule has 20 heavy (non-hydrogen) atoms. The maximum Gasteiger partial charge on any atom is 0.122 e. The van der Waals surface area contributed by atoms with Crippen LogP contribution in [0.3, 0.4) is 0 Å². The van der Waals surface area contributed by atoms with Gasteiger partial charge >= 0.3 is 0 Å². The lowest BCUT2D eigenvalue weighted by Crippen LogP contribution is -2.18. The Morgan fingerprint density at radius 1 is 1.20 bits per heavy atom. The largest absolute Gasteiger partial charge is 0.488 e. The highest BCUT2D eigenvalue weighted by molar-refractivity contribution is 9.10. The number of halogens is 1. The summed E-state index contributed by atoms with van der Waals surface area (Å²) in [5.41, 5.74) is 0. The summed E-state index contributed by atoms with van der Waals surface area (Å²) in [6.45, 7) is 7.07. The van der Waals surface area contributed by atoms with E-state index in [0.29, 0.717) is 12.5 Å². The molecule has 0 atom stereocenters. The Kier molecular flexibility index (Phi) is 6.07. The van der Waals surface area contributed by atoms with E-state index in [1.54, 1.807) is 0 Å². The van der Waals surface area contributed by atoms with Crippen LogP contribution >= 0.6 is 27.3 Å². The molecule has 108 valence electrons. The first-order valence-electron chi connectivity index (χ1n) is 6.80. The van der Waals surface area contributed by atoms with Gasteiger partial charge in [-0.3, -0.25) is 0 Å². The third kappa shape index (κ3) is 5.27. The van der Waals surface area contributed by atoms with Gasteiger partial charge in [0, 0.05) is 20.8 Å². The first-order chi connectivity index (χ1) is 9.63. The van der Waals surface area contributed by atoms with Crippen LogP contribution in [-0.4, -0.2) is 6.54 Å². The molecule has 0 saturated carbocycles. The molecule has 0 aliphatic rings. The zero-order valence-electron chi connectivity index (χ0n) is 11.9. The van der Waals surface area contributed by atoms with Gasteiger partial charge in [0.25, 0.3) is 0 Å². The second-order valence-corrected chi connectivity index (χ2v) is 7.31. The van der Waals surface area contributed by atoms with Gasteiger partial charge in [-0.25, -0.2) is 0 Å². The quantitative estimate of drug-likeness (QED) is 0.769. The SMILES string of the molecule is CC(C)CNCc1ccc(COc2cccc(Br)c2)s1. The van der Waals surface area contributed by atoms with Gasteiger partial charge in [0.1, 0.15) is 12.4 Å². The highest BCUT2D eigenvalue weighted by Crippen LogP contribution is 2.21. The fourth-order valence-corrected chi connectivity index (χ4v) is 3.07. The summed E-state index contributed by atoms with van der Waals surface area (Å²) in [4.78, 5) is 2.62. The summed E-state index contributed by atoms with van der Waals surface area (Å²) in [6, 6.07) is 12.3. The first-order valence-corrected chi connectivity index (χ1v) is 8.41. The number of nitrogens with one attached hydrogen (secondary N) is 1. The Labute approximate surface area is 133 Å². The molecule has 2 aromatic rings. The zero-order valence-corrected chi connectivity index (χ0v) is 14.3. The summed E-state index contributed by atoms with van der Waals surface area (Å²) in [7, 11) is 0. The van der Waals surface area contributed by atoms with Gasteiger partial charge in [0.15, 0.2) is 0 Å². The van der Waals surface area contributed by atoms with Gasteiger partial charge in [0.05, 0.1) is 0 Å². The lowest BCUT2D eigenvalue weighted by Gasteiger charge is -2.06. The summed E-state index contributed by atoms with van der Waals surface area (Å²) in [5, 5.41) is 3.46. The monoisotopic (exact) mass is 353 g/mol. The number of ether oxygens (including phenoxy) is 1. The van der Waals surface area contributed by atoms with E-state index in [4.69, 9.17) is 4.74 Å². The van der Waals surface area contributed by atoms with Gasteiger partial charge in [-0.1, -0.05) is 35.8 Å². The highest BCUT2D eigenvalue weighted by atomic mass is 79.9. The molecule has 0 fully saturated rings. The fraction of sp³-hybridized carbons (Fsp3) is 0.375. The van der Waals surface area contributed by atoms with Crippen molar-refractivity contribution in [1.29, 1.82) is 0 Å². The molecule has 0 unspecified atom stereocenters. The molecule has 1 heterocycles. The van der Waals surface area contributed by atoms with Crippen molar-refractivity contribution in [1.82, 2.24) is 5.32 Å². The molecule has 1 N–H and O–H groups in total. The molecule has 0 aliphatic carbocycles. The minimum Gasteiger partial charge on any atom is -0.488 e. The van der Waals surface area contributed by atoms with Crippen molar-refractivity contribution in [3.05, 3.63) is 50.6 Å². The molecular formula is C16H20BrNOS. The summed E-state index contributed by atoms with van der Waals surface area (Å²) in [6.07, 6.45) is 0. The smallest absolute Gasteiger partial charge is 0.122 e. The molecule has 0 spiro atoms. The fourth-order valence-electron chi connectivity index (χ4n) is 1.79. The second-order valence-electron chi connectivity index (χ2n) is 5.14. The Morgan fingerprint density at radius 3 is 2.75 bits per heavy atom. The number of hydrogen-bond donors (Lipinski definition) is 1. The van der Waals surface area contributed by atoms with Crippen molar-refractivity contribution in [2.45, 2.75) is 27.0 Å². The van der Waals surface area contributed by atoms with E-state index >= 15 is 0 Å². The Morgan fingerprint density at radius 2 is 2.00 bits per heavy atom. The third-order valence-electron chi connectivity index (χ3n) is 2.75. The van der Waals surface area contributed by atoms with Crippen molar-refractivity contribution in [2.75, 3.05) is 6.54 Å². The zero-order chi connectivity index (χ0) is 14.4. The van der Waals surface area contributed by atoms with Crippen LogP contribution in [0.25, 0.3) is 0 Å². The Bertz CT molecular complexity index is 539. The number of benzene rings is 1. The Balaban J connectivity index is 1.80. The Hall–Kier alpha value is -0.840. The van der Waals surface area contributed by atoms with Crippen molar-refractivity contribution in [2.24, 2.45) is 5.92 Å². The van der Waals surface area contributed by atoms with Crippen molar-refractivity contribution >= 4 is 27.3 Å². The van der Waals surface area contributed by atoms with Crippen LogP contribution in [0.4, 0.5) is 0 Å². The lowest BCUT2D eigenvalue weighted by molar-refractivity contribution is 0.309. The maximum atomic E-state index is 5.79. The van der Waals surface area contributed by atoms with Crippen LogP contribution in [0.1, 0.15) is 23.6 Å². The van der Waals surface area contributed by atoms with E-state index in [0.717, 1.165) is 23.3 Å². The highest BCUT2D eigenvalue weighted by Gasteiger charge is 2.02. The van der Waals surface area contributed by atoms with Crippen LogP contribution in [0.2, 0.25) is 0 Å². The van der Waals surface area contributed by atoms with Crippen molar-refractivity contribution < 1.29 is 4.74 Å². The predicted octanol–water partition coefficient (Wildman–Crippen LogP) is 4.84. The van der Waals surface area contributed by atoms with Crippen molar-refractivity contribution in [3.63, 3.8) is 0 Å². The van der Waals surface area contributed by atoms with E-state index in [-0.39, 0.29) is 0 Å². The third-order valence-corrected chi connectivity index (χ3v) is 4.30. The van der Waals surface area contributed by atoms with Crippen LogP contribution in [0, 0.1) is 5.92 Å². The molecule has 0 bridgehead atoms. The second kappa shape index (κ2) is 7.81. The van der Waals surface area contributed by atoms with Gasteiger partial charge < -0.3 is 10.1 Å². The van der Waals surface area contributed by atoms with Gasteiger partial charge in [-0.2, -0.15) is 0 Å². The molecule has 0 radical (unpaired) electrons. The molecule has 2 rings (SSSR count). The maximum absolute atomic E-state index is 5.79. The van der Waals surface area contributed by atoms with E-state index in [1.807, 2.05) is 35.6 Å². The van der Waals surface area contributed by atoms with E-state index < -0.39 is 0 Å². The summed E-state index contributed by atoms with van der Waals surface area (Å²) in [5.74, 6) is 1.58. The molecule has 2 nitrogen and oxygen atoms in total. The minimum absolute atomic E-state index is 0.630.